The van der Waals surface area contributed by atoms with Gasteiger partial charge in [-0.1, -0.05) is 124 Å². The molecule has 0 fully saturated rings. The van der Waals surface area contributed by atoms with Gasteiger partial charge in [-0.05, 0) is 108 Å². The molecule has 2 heterocycles. The summed E-state index contributed by atoms with van der Waals surface area (Å²) in [5, 5.41) is 11.3. The number of likely N-dealkylation sites (N-methyl/N-ethyl adjacent to an activating group) is 1. The Balaban J connectivity index is 1.16. The molecule has 3 aliphatic rings. The molecule has 0 radical (unpaired) electrons. The lowest BCUT2D eigenvalue weighted by Gasteiger charge is -2.28. The number of aliphatic imine (C=N–C) groups is 1. The zero-order chi connectivity index (χ0) is 36.1. The Hall–Kier alpha value is -4.45. The maximum absolute atomic E-state index is 5.16. The minimum absolute atomic E-state index is 0.257. The average Bonchev–Trinajstić information content (AvgIpc) is 3.75. The van der Waals surface area contributed by atoms with Crippen LogP contribution in [-0.4, -0.2) is 43.5 Å². The Morgan fingerprint density at radius 1 is 0.904 bits per heavy atom. The number of allylic oxidation sites excluding steroid dienone is 7. The van der Waals surface area contributed by atoms with Gasteiger partial charge in [-0.25, -0.2) is 0 Å². The molecule has 52 heavy (non-hydrogen) atoms. The van der Waals surface area contributed by atoms with Crippen LogP contribution in [-0.2, 0) is 13.0 Å². The van der Waals surface area contributed by atoms with Gasteiger partial charge in [-0.2, -0.15) is 0 Å². The van der Waals surface area contributed by atoms with E-state index in [1.807, 2.05) is 0 Å². The molecule has 0 spiro atoms. The highest BCUT2D eigenvalue weighted by Crippen LogP contribution is 2.27. The van der Waals surface area contributed by atoms with Crippen molar-refractivity contribution in [3.8, 4) is 11.1 Å². The zero-order valence-electron chi connectivity index (χ0n) is 32.0. The first-order valence-electron chi connectivity index (χ1n) is 19.7. The first-order chi connectivity index (χ1) is 25.5. The van der Waals surface area contributed by atoms with Crippen LogP contribution < -0.4 is 16.0 Å². The topological polar surface area (TPSA) is 51.7 Å². The van der Waals surface area contributed by atoms with E-state index in [2.05, 4.69) is 152 Å². The van der Waals surface area contributed by atoms with Gasteiger partial charge < -0.3 is 16.0 Å². The lowest BCUT2D eigenvalue weighted by molar-refractivity contribution is 0.246. The van der Waals surface area contributed by atoms with Crippen molar-refractivity contribution in [2.45, 2.75) is 85.2 Å². The van der Waals surface area contributed by atoms with Gasteiger partial charge in [0, 0.05) is 32.0 Å². The number of benzene rings is 3. The van der Waals surface area contributed by atoms with Gasteiger partial charge in [-0.15, -0.1) is 0 Å². The summed E-state index contributed by atoms with van der Waals surface area (Å²) in [7, 11) is 0. The van der Waals surface area contributed by atoms with E-state index in [1.165, 1.54) is 55.8 Å². The van der Waals surface area contributed by atoms with Crippen molar-refractivity contribution in [2.24, 2.45) is 4.99 Å². The summed E-state index contributed by atoms with van der Waals surface area (Å²) in [5.41, 5.74) is 15.4. The molecule has 6 rings (SSSR count). The molecule has 5 nitrogen and oxygen atoms in total. The average molecular weight is 694 g/mol. The smallest absolute Gasteiger partial charge is 0.0809 e. The molecule has 5 heteroatoms. The van der Waals surface area contributed by atoms with Crippen LogP contribution in [0.5, 0.6) is 0 Å². The molecule has 0 saturated heterocycles. The lowest BCUT2D eigenvalue weighted by atomic mass is 9.97. The monoisotopic (exact) mass is 693 g/mol. The van der Waals surface area contributed by atoms with Gasteiger partial charge in [0.1, 0.15) is 0 Å². The molecular formula is C47H59N5. The molecule has 3 aromatic rings. The maximum atomic E-state index is 5.16. The van der Waals surface area contributed by atoms with Crippen LogP contribution in [0.15, 0.2) is 131 Å². The van der Waals surface area contributed by atoms with Crippen molar-refractivity contribution in [3.63, 3.8) is 0 Å². The van der Waals surface area contributed by atoms with Crippen molar-refractivity contribution in [1.82, 2.24) is 20.9 Å². The predicted octanol–water partition coefficient (Wildman–Crippen LogP) is 10.1. The molecule has 0 saturated carbocycles. The van der Waals surface area contributed by atoms with Gasteiger partial charge in [0.05, 0.1) is 24.0 Å². The Bertz CT molecular complexity index is 1820. The van der Waals surface area contributed by atoms with E-state index in [9.17, 15) is 0 Å². The second kappa shape index (κ2) is 18.9. The van der Waals surface area contributed by atoms with Crippen LogP contribution in [0.25, 0.3) is 16.7 Å². The van der Waals surface area contributed by atoms with E-state index >= 15 is 0 Å². The molecule has 3 aromatic carbocycles. The van der Waals surface area contributed by atoms with E-state index in [0.29, 0.717) is 6.54 Å². The fourth-order valence-corrected chi connectivity index (χ4v) is 7.49. The summed E-state index contributed by atoms with van der Waals surface area (Å²) in [6.07, 6.45) is 19.1. The normalized spacial score (nSPS) is 20.3. The van der Waals surface area contributed by atoms with E-state index in [0.717, 1.165) is 89.2 Å². The van der Waals surface area contributed by atoms with Crippen LogP contribution >= 0.6 is 0 Å². The Kier molecular flexibility index (Phi) is 13.5. The lowest BCUT2D eigenvalue weighted by Crippen LogP contribution is -2.38. The second-order valence-corrected chi connectivity index (χ2v) is 14.5. The minimum Gasteiger partial charge on any atom is -0.383 e. The molecule has 1 aliphatic carbocycles. The molecule has 2 aliphatic heterocycles. The first kappa shape index (κ1) is 37.3. The first-order valence-corrected chi connectivity index (χ1v) is 19.7. The summed E-state index contributed by atoms with van der Waals surface area (Å²) in [6.45, 7) is 14.5. The molecule has 272 valence electrons. The van der Waals surface area contributed by atoms with Gasteiger partial charge in [0.15, 0.2) is 0 Å². The number of nitrogens with zero attached hydrogens (tertiary/aromatic N) is 2. The number of rotatable bonds is 13. The van der Waals surface area contributed by atoms with Crippen molar-refractivity contribution in [3.05, 3.63) is 148 Å². The van der Waals surface area contributed by atoms with E-state index in [4.69, 9.17) is 4.99 Å². The molecule has 0 bridgehead atoms. The quantitative estimate of drug-likeness (QED) is 0.156. The highest BCUT2D eigenvalue weighted by Gasteiger charge is 2.20. The van der Waals surface area contributed by atoms with Gasteiger partial charge in [0.2, 0.25) is 0 Å². The molecular weight excluding hydrogens is 635 g/mol. The summed E-state index contributed by atoms with van der Waals surface area (Å²) < 4.78 is 0. The molecule has 1 atom stereocenters. The standard InChI is InChI=1S/C47H59N5/c1-5-13-44-39(6-2)32-48-34-52(7-3)33-47(51-44)43-25-23-42(24-26-43)41-21-19-40(20-22-41)35(4)28-46(45-18-12-27-49-45)50-31-38-17-11-16-37(30-38)29-36-14-9-8-10-15-36/h9,11,14-26,28,30,47-49,51H,5-8,10,12-13,27,29,31-34H2,1-4H3/b35-28+,44-39-,50-46?. The van der Waals surface area contributed by atoms with E-state index < -0.39 is 0 Å². The molecule has 3 N–H and O–H groups in total. The van der Waals surface area contributed by atoms with Gasteiger partial charge >= 0.3 is 0 Å². The zero-order valence-corrected chi connectivity index (χ0v) is 32.0. The maximum Gasteiger partial charge on any atom is 0.0809 e. The highest BCUT2D eigenvalue weighted by atomic mass is 15.2. The van der Waals surface area contributed by atoms with Crippen molar-refractivity contribution < 1.29 is 0 Å². The van der Waals surface area contributed by atoms with Gasteiger partial charge in [-0.3, -0.25) is 9.89 Å². The Morgan fingerprint density at radius 3 is 2.38 bits per heavy atom. The number of hydrogen-bond donors (Lipinski definition) is 3. The van der Waals surface area contributed by atoms with Crippen molar-refractivity contribution in [1.29, 1.82) is 0 Å². The summed E-state index contributed by atoms with van der Waals surface area (Å²) in [6, 6.07) is 27.4. The largest absolute Gasteiger partial charge is 0.383 e. The fraction of sp³-hybridized carbons (Fsp3) is 0.383. The van der Waals surface area contributed by atoms with Crippen LogP contribution in [0.4, 0.5) is 0 Å². The molecule has 0 amide bonds. The van der Waals surface area contributed by atoms with E-state index in [-0.39, 0.29) is 6.04 Å². The fourth-order valence-electron chi connectivity index (χ4n) is 7.49. The third-order valence-corrected chi connectivity index (χ3v) is 10.6. The Morgan fingerprint density at radius 2 is 1.69 bits per heavy atom. The second-order valence-electron chi connectivity index (χ2n) is 14.5. The third kappa shape index (κ3) is 10.1. The number of nitrogens with one attached hydrogen (secondary N) is 3. The van der Waals surface area contributed by atoms with Crippen molar-refractivity contribution >= 4 is 11.3 Å². The third-order valence-electron chi connectivity index (χ3n) is 10.6. The molecule has 0 aromatic heterocycles. The predicted molar refractivity (Wildman–Crippen MR) is 222 cm³/mol. The van der Waals surface area contributed by atoms with Gasteiger partial charge in [0.25, 0.3) is 0 Å². The Labute approximate surface area is 313 Å². The minimum atomic E-state index is 0.257. The van der Waals surface area contributed by atoms with Crippen molar-refractivity contribution in [2.75, 3.05) is 32.8 Å². The number of hydrogen-bond acceptors (Lipinski definition) is 5. The summed E-state index contributed by atoms with van der Waals surface area (Å²) in [4.78, 5) is 7.66. The van der Waals surface area contributed by atoms with Crippen LogP contribution in [0.1, 0.15) is 94.5 Å². The SMILES string of the molecule is CCC/C1=C(\CC)CNCN(CC)CC(c2ccc(-c3ccc(/C(C)=C/C(=NCc4cccc(CC5=CCCC=C5)c4)C4=CCCN4)cc3)cc2)N1. The molecule has 1 unspecified atom stereocenters. The summed E-state index contributed by atoms with van der Waals surface area (Å²) in [5.74, 6) is 0. The van der Waals surface area contributed by atoms with E-state index in [1.54, 1.807) is 0 Å². The van der Waals surface area contributed by atoms with Crippen LogP contribution in [0, 0.1) is 0 Å². The van der Waals surface area contributed by atoms with Crippen LogP contribution in [0.2, 0.25) is 0 Å². The highest BCUT2D eigenvalue weighted by molar-refractivity contribution is 6.11. The summed E-state index contributed by atoms with van der Waals surface area (Å²) >= 11 is 0. The van der Waals surface area contributed by atoms with Crippen LogP contribution in [0.3, 0.4) is 0 Å².